The fraction of sp³-hybridized carbons (Fsp3) is 0.250. The molecule has 0 bridgehead atoms. The van der Waals surface area contributed by atoms with Crippen molar-refractivity contribution in [2.24, 2.45) is 5.73 Å². The van der Waals surface area contributed by atoms with Crippen LogP contribution < -0.4 is 10.6 Å². The van der Waals surface area contributed by atoms with E-state index in [1.54, 1.807) is 11.3 Å². The molecule has 0 spiro atoms. The normalized spacial score (nSPS) is 12.4. The molecule has 0 radical (unpaired) electrons. The Morgan fingerprint density at radius 1 is 1.31 bits per heavy atom. The third kappa shape index (κ3) is 2.23. The first-order valence-electron chi connectivity index (χ1n) is 5.18. The molecule has 2 aromatic rings. The maximum absolute atomic E-state index is 5.79. The molecular weight excluding hydrogens is 218 g/mol. The van der Waals surface area contributed by atoms with Gasteiger partial charge in [-0.25, -0.2) is 4.98 Å². The number of thiazole rings is 1. The van der Waals surface area contributed by atoms with E-state index < -0.39 is 0 Å². The first-order chi connectivity index (χ1) is 7.68. The van der Waals surface area contributed by atoms with E-state index in [9.17, 15) is 0 Å². The zero-order valence-corrected chi connectivity index (χ0v) is 10.2. The zero-order valence-electron chi connectivity index (χ0n) is 9.42. The molecule has 0 amide bonds. The summed E-state index contributed by atoms with van der Waals surface area (Å²) in [5.74, 6) is 0. The van der Waals surface area contributed by atoms with E-state index in [1.807, 2.05) is 37.6 Å². The summed E-state index contributed by atoms with van der Waals surface area (Å²) >= 11 is 1.62. The van der Waals surface area contributed by atoms with Crippen LogP contribution in [0.15, 0.2) is 35.7 Å². The quantitative estimate of drug-likeness (QED) is 0.886. The minimum atomic E-state index is -0.00540. The second kappa shape index (κ2) is 4.63. The highest BCUT2D eigenvalue weighted by Crippen LogP contribution is 2.27. The molecular formula is C12H15N3S. The number of nitrogens with two attached hydrogens (primary N) is 1. The van der Waals surface area contributed by atoms with Crippen LogP contribution in [-0.4, -0.2) is 12.0 Å². The summed E-state index contributed by atoms with van der Waals surface area (Å²) in [7, 11) is 2.01. The second-order valence-electron chi connectivity index (χ2n) is 3.74. The van der Waals surface area contributed by atoms with Crippen molar-refractivity contribution < 1.29 is 0 Å². The summed E-state index contributed by atoms with van der Waals surface area (Å²) < 4.78 is 0. The lowest BCUT2D eigenvalue weighted by Gasteiger charge is -2.15. The number of benzene rings is 1. The van der Waals surface area contributed by atoms with E-state index in [-0.39, 0.29) is 6.04 Å². The average molecular weight is 233 g/mol. The van der Waals surface area contributed by atoms with Gasteiger partial charge in [0.1, 0.15) is 0 Å². The molecule has 0 saturated carbocycles. The summed E-state index contributed by atoms with van der Waals surface area (Å²) in [4.78, 5) is 6.57. The van der Waals surface area contributed by atoms with Crippen LogP contribution in [0.4, 0.5) is 10.8 Å². The van der Waals surface area contributed by atoms with Gasteiger partial charge >= 0.3 is 0 Å². The molecule has 16 heavy (non-hydrogen) atoms. The number of para-hydroxylation sites is 1. The topological polar surface area (TPSA) is 42.1 Å². The van der Waals surface area contributed by atoms with Gasteiger partial charge in [-0.15, -0.1) is 11.3 Å². The lowest BCUT2D eigenvalue weighted by molar-refractivity contribution is 0.788. The Morgan fingerprint density at radius 2 is 2.00 bits per heavy atom. The molecule has 1 aromatic heterocycles. The molecule has 84 valence electrons. The van der Waals surface area contributed by atoms with Crippen molar-refractivity contribution in [3.63, 3.8) is 0 Å². The number of rotatable bonds is 3. The monoisotopic (exact) mass is 233 g/mol. The first kappa shape index (κ1) is 11.1. The fourth-order valence-corrected chi connectivity index (χ4v) is 2.32. The van der Waals surface area contributed by atoms with Crippen LogP contribution in [0.1, 0.15) is 18.7 Å². The summed E-state index contributed by atoms with van der Waals surface area (Å²) in [6.07, 6.45) is 0. The van der Waals surface area contributed by atoms with Crippen molar-refractivity contribution in [2.45, 2.75) is 13.0 Å². The van der Waals surface area contributed by atoms with E-state index in [2.05, 4.69) is 22.0 Å². The molecule has 2 N–H and O–H groups in total. The van der Waals surface area contributed by atoms with Crippen LogP contribution in [0, 0.1) is 0 Å². The van der Waals surface area contributed by atoms with Gasteiger partial charge < -0.3 is 10.6 Å². The predicted molar refractivity (Wildman–Crippen MR) is 69.2 cm³/mol. The number of hydrogen-bond acceptors (Lipinski definition) is 4. The minimum absolute atomic E-state index is 0.00540. The number of nitrogens with zero attached hydrogens (tertiary/aromatic N) is 2. The average Bonchev–Trinajstić information content (AvgIpc) is 2.78. The molecule has 4 heteroatoms. The van der Waals surface area contributed by atoms with Gasteiger partial charge in [0.05, 0.1) is 5.69 Å². The molecule has 1 unspecified atom stereocenters. The molecule has 0 aliphatic rings. The van der Waals surface area contributed by atoms with E-state index in [4.69, 9.17) is 5.73 Å². The molecule has 0 aliphatic carbocycles. The van der Waals surface area contributed by atoms with Gasteiger partial charge in [-0.05, 0) is 19.1 Å². The molecule has 0 aliphatic heterocycles. The van der Waals surface area contributed by atoms with E-state index in [0.29, 0.717) is 0 Å². The second-order valence-corrected chi connectivity index (χ2v) is 4.57. The predicted octanol–water partition coefficient (Wildman–Crippen LogP) is 2.93. The van der Waals surface area contributed by atoms with Gasteiger partial charge in [-0.1, -0.05) is 18.2 Å². The number of hydrogen-bond donors (Lipinski definition) is 1. The van der Waals surface area contributed by atoms with Crippen molar-refractivity contribution in [1.82, 2.24) is 4.98 Å². The largest absolute Gasteiger partial charge is 0.323 e. The van der Waals surface area contributed by atoms with Crippen molar-refractivity contribution in [1.29, 1.82) is 0 Å². The van der Waals surface area contributed by atoms with Crippen molar-refractivity contribution >= 4 is 22.2 Å². The highest BCUT2D eigenvalue weighted by molar-refractivity contribution is 7.13. The number of anilines is 2. The fourth-order valence-electron chi connectivity index (χ4n) is 1.40. The van der Waals surface area contributed by atoms with Gasteiger partial charge in [-0.2, -0.15) is 0 Å². The molecule has 1 heterocycles. The lowest BCUT2D eigenvalue weighted by Crippen LogP contribution is -2.10. The number of aromatic nitrogens is 1. The molecule has 1 atom stereocenters. The van der Waals surface area contributed by atoms with E-state index in [1.165, 1.54) is 0 Å². The Morgan fingerprint density at radius 3 is 2.56 bits per heavy atom. The Kier molecular flexibility index (Phi) is 3.22. The molecule has 1 aromatic carbocycles. The standard InChI is InChI=1S/C12H15N3S/c1-9(13)11-8-16-12(14-11)15(2)10-6-4-3-5-7-10/h3-9H,13H2,1-2H3. The van der Waals surface area contributed by atoms with Crippen molar-refractivity contribution in [3.05, 3.63) is 41.4 Å². The van der Waals surface area contributed by atoms with Crippen molar-refractivity contribution in [2.75, 3.05) is 11.9 Å². The Balaban J connectivity index is 2.24. The summed E-state index contributed by atoms with van der Waals surface area (Å²) in [6, 6.07) is 10.2. The Hall–Kier alpha value is -1.39. The summed E-state index contributed by atoms with van der Waals surface area (Å²) in [5, 5.41) is 2.98. The van der Waals surface area contributed by atoms with Crippen LogP contribution >= 0.6 is 11.3 Å². The first-order valence-corrected chi connectivity index (χ1v) is 6.06. The SMILES string of the molecule is CC(N)c1csc(N(C)c2ccccc2)n1. The molecule has 0 fully saturated rings. The van der Waals surface area contributed by atoms with Crippen LogP contribution in [0.5, 0.6) is 0 Å². The Bertz CT molecular complexity index is 450. The van der Waals surface area contributed by atoms with Gasteiger partial charge in [0.25, 0.3) is 0 Å². The van der Waals surface area contributed by atoms with Gasteiger partial charge in [0.2, 0.25) is 0 Å². The smallest absolute Gasteiger partial charge is 0.189 e. The van der Waals surface area contributed by atoms with Crippen molar-refractivity contribution in [3.8, 4) is 0 Å². The maximum Gasteiger partial charge on any atom is 0.189 e. The summed E-state index contributed by atoms with van der Waals surface area (Å²) in [5.41, 5.74) is 7.87. The van der Waals surface area contributed by atoms with Crippen LogP contribution in [-0.2, 0) is 0 Å². The zero-order chi connectivity index (χ0) is 11.5. The van der Waals surface area contributed by atoms with E-state index >= 15 is 0 Å². The molecule has 2 rings (SSSR count). The van der Waals surface area contributed by atoms with Gasteiger partial charge in [-0.3, -0.25) is 0 Å². The summed E-state index contributed by atoms with van der Waals surface area (Å²) in [6.45, 7) is 1.95. The Labute approximate surface area is 99.5 Å². The maximum atomic E-state index is 5.79. The highest BCUT2D eigenvalue weighted by Gasteiger charge is 2.10. The van der Waals surface area contributed by atoms with Crippen LogP contribution in [0.2, 0.25) is 0 Å². The highest BCUT2D eigenvalue weighted by atomic mass is 32.1. The molecule has 0 saturated heterocycles. The third-order valence-electron chi connectivity index (χ3n) is 2.41. The van der Waals surface area contributed by atoms with E-state index in [0.717, 1.165) is 16.5 Å². The third-order valence-corrected chi connectivity index (χ3v) is 3.34. The van der Waals surface area contributed by atoms with Crippen LogP contribution in [0.3, 0.4) is 0 Å². The van der Waals surface area contributed by atoms with Gasteiger partial charge in [0.15, 0.2) is 5.13 Å². The van der Waals surface area contributed by atoms with Crippen LogP contribution in [0.25, 0.3) is 0 Å². The molecule has 3 nitrogen and oxygen atoms in total. The minimum Gasteiger partial charge on any atom is -0.323 e. The van der Waals surface area contributed by atoms with Gasteiger partial charge in [0, 0.05) is 24.2 Å². The lowest BCUT2D eigenvalue weighted by atomic mass is 10.3.